The van der Waals surface area contributed by atoms with Crippen LogP contribution in [0.3, 0.4) is 0 Å². The van der Waals surface area contributed by atoms with E-state index in [1.807, 2.05) is 13.0 Å². The molecule has 13 heavy (non-hydrogen) atoms. The van der Waals surface area contributed by atoms with Crippen LogP contribution in [-0.4, -0.2) is 0 Å². The summed E-state index contributed by atoms with van der Waals surface area (Å²) in [5, 5.41) is 0. The van der Waals surface area contributed by atoms with E-state index in [9.17, 15) is 0 Å². The Morgan fingerprint density at radius 1 is 0.923 bits per heavy atom. The predicted octanol–water partition coefficient (Wildman–Crippen LogP) is 4.45. The van der Waals surface area contributed by atoms with Crippen molar-refractivity contribution in [2.75, 3.05) is 0 Å². The first-order valence-corrected chi connectivity index (χ1v) is 5.23. The highest BCUT2D eigenvalue weighted by molar-refractivity contribution is 5.00. The zero-order valence-corrected chi connectivity index (χ0v) is 8.71. The number of rotatable bonds is 8. The van der Waals surface area contributed by atoms with Crippen LogP contribution in [0.15, 0.2) is 30.4 Å². The van der Waals surface area contributed by atoms with E-state index < -0.39 is 0 Å². The van der Waals surface area contributed by atoms with Gasteiger partial charge in [-0.05, 0) is 32.6 Å². The lowest BCUT2D eigenvalue weighted by Crippen LogP contribution is -1.76. The van der Waals surface area contributed by atoms with Gasteiger partial charge in [-0.3, -0.25) is 0 Å². The first kappa shape index (κ1) is 12.2. The molecule has 0 aliphatic rings. The molecule has 0 amide bonds. The van der Waals surface area contributed by atoms with Crippen molar-refractivity contribution >= 4 is 0 Å². The van der Waals surface area contributed by atoms with E-state index in [2.05, 4.69) is 18.2 Å². The maximum Gasteiger partial charge on any atom is -0.0348 e. The minimum absolute atomic E-state index is 1.06. The zero-order valence-electron chi connectivity index (χ0n) is 8.71. The van der Waals surface area contributed by atoms with E-state index in [0.29, 0.717) is 0 Å². The smallest absolute Gasteiger partial charge is 0.0348 e. The summed E-state index contributed by atoms with van der Waals surface area (Å²) in [6.07, 6.45) is 17.7. The Balaban J connectivity index is 3.03. The Kier molecular flexibility index (Phi) is 10.5. The van der Waals surface area contributed by atoms with Crippen molar-refractivity contribution in [1.82, 2.24) is 0 Å². The van der Waals surface area contributed by atoms with E-state index >= 15 is 0 Å². The molecule has 0 saturated carbocycles. The summed E-state index contributed by atoms with van der Waals surface area (Å²) >= 11 is 0. The maximum absolute atomic E-state index is 5.28. The molecule has 0 saturated heterocycles. The molecular formula is C13H21. The normalized spacial score (nSPS) is 11.5. The Morgan fingerprint density at radius 3 is 2.23 bits per heavy atom. The number of unbranched alkanes of at least 4 members (excludes halogenated alkanes) is 5. The molecule has 0 heteroatoms. The number of allylic oxidation sites excluding steroid dienone is 5. The monoisotopic (exact) mass is 177 g/mol. The molecule has 0 aliphatic heterocycles. The summed E-state index contributed by atoms with van der Waals surface area (Å²) in [5.74, 6) is 0. The van der Waals surface area contributed by atoms with Crippen LogP contribution in [0.25, 0.3) is 0 Å². The van der Waals surface area contributed by atoms with Gasteiger partial charge in [0.25, 0.3) is 0 Å². The average molecular weight is 177 g/mol. The van der Waals surface area contributed by atoms with Gasteiger partial charge in [-0.1, -0.05) is 49.8 Å². The van der Waals surface area contributed by atoms with E-state index in [-0.39, 0.29) is 0 Å². The first-order chi connectivity index (χ1) is 6.41. The van der Waals surface area contributed by atoms with Gasteiger partial charge in [0.1, 0.15) is 0 Å². The summed E-state index contributed by atoms with van der Waals surface area (Å²) in [6, 6.07) is 0. The third-order valence-electron chi connectivity index (χ3n) is 1.93. The second-order valence-electron chi connectivity index (χ2n) is 3.18. The molecule has 0 nitrogen and oxygen atoms in total. The van der Waals surface area contributed by atoms with Gasteiger partial charge < -0.3 is 0 Å². The van der Waals surface area contributed by atoms with Gasteiger partial charge in [0.05, 0.1) is 0 Å². The van der Waals surface area contributed by atoms with Crippen LogP contribution >= 0.6 is 0 Å². The molecule has 0 N–H and O–H groups in total. The Morgan fingerprint density at radius 2 is 1.62 bits per heavy atom. The molecule has 0 heterocycles. The van der Waals surface area contributed by atoms with Crippen LogP contribution in [0.1, 0.15) is 45.4 Å². The van der Waals surface area contributed by atoms with Gasteiger partial charge in [0.2, 0.25) is 0 Å². The zero-order chi connectivity index (χ0) is 9.78. The van der Waals surface area contributed by atoms with E-state index in [0.717, 1.165) is 6.42 Å². The SMILES string of the molecule is [CH]=CCCCCCCC=CC=CC. The van der Waals surface area contributed by atoms with Crippen molar-refractivity contribution in [2.24, 2.45) is 0 Å². The van der Waals surface area contributed by atoms with Gasteiger partial charge in [0.15, 0.2) is 0 Å². The molecule has 0 aromatic carbocycles. The van der Waals surface area contributed by atoms with Crippen LogP contribution in [0.4, 0.5) is 0 Å². The number of hydrogen-bond donors (Lipinski definition) is 0. The highest BCUT2D eigenvalue weighted by Gasteiger charge is 1.86. The highest BCUT2D eigenvalue weighted by atomic mass is 13.9. The minimum atomic E-state index is 1.06. The lowest BCUT2D eigenvalue weighted by atomic mass is 10.1. The van der Waals surface area contributed by atoms with Gasteiger partial charge in [-0.15, -0.1) is 0 Å². The van der Waals surface area contributed by atoms with Gasteiger partial charge in [-0.25, -0.2) is 0 Å². The summed E-state index contributed by atoms with van der Waals surface area (Å²) in [5.41, 5.74) is 0. The lowest BCUT2D eigenvalue weighted by Gasteiger charge is -1.95. The van der Waals surface area contributed by atoms with Crippen molar-refractivity contribution in [1.29, 1.82) is 0 Å². The summed E-state index contributed by atoms with van der Waals surface area (Å²) in [4.78, 5) is 0. The fourth-order valence-corrected chi connectivity index (χ4v) is 1.16. The summed E-state index contributed by atoms with van der Waals surface area (Å²) in [7, 11) is 0. The van der Waals surface area contributed by atoms with Crippen LogP contribution in [0.5, 0.6) is 0 Å². The molecule has 0 aromatic rings. The van der Waals surface area contributed by atoms with Gasteiger partial charge in [0, 0.05) is 0 Å². The molecule has 0 unspecified atom stereocenters. The Bertz CT molecular complexity index is 151. The standard InChI is InChI=1S/C13H21/c1-3-5-7-9-11-13-12-10-8-6-4-2/h1,3-4,6,8,10H,5,7,9,11-13H2,2H3. The van der Waals surface area contributed by atoms with Gasteiger partial charge in [-0.2, -0.15) is 0 Å². The molecule has 0 aliphatic carbocycles. The largest absolute Gasteiger partial charge is 0.0877 e. The van der Waals surface area contributed by atoms with Crippen molar-refractivity contribution in [3.05, 3.63) is 37.0 Å². The molecule has 0 bridgehead atoms. The molecule has 73 valence electrons. The van der Waals surface area contributed by atoms with E-state index in [4.69, 9.17) is 6.58 Å². The van der Waals surface area contributed by atoms with Crippen LogP contribution < -0.4 is 0 Å². The van der Waals surface area contributed by atoms with Crippen molar-refractivity contribution in [2.45, 2.75) is 45.4 Å². The van der Waals surface area contributed by atoms with Crippen LogP contribution in [0, 0.1) is 6.58 Å². The summed E-state index contributed by atoms with van der Waals surface area (Å²) < 4.78 is 0. The molecule has 1 radical (unpaired) electrons. The predicted molar refractivity (Wildman–Crippen MR) is 60.5 cm³/mol. The lowest BCUT2D eigenvalue weighted by molar-refractivity contribution is 0.652. The summed E-state index contributed by atoms with van der Waals surface area (Å²) in [6.45, 7) is 7.32. The third kappa shape index (κ3) is 11.2. The van der Waals surface area contributed by atoms with Gasteiger partial charge >= 0.3 is 0 Å². The molecule has 0 aromatic heterocycles. The maximum atomic E-state index is 5.28. The molecule has 0 rings (SSSR count). The third-order valence-corrected chi connectivity index (χ3v) is 1.93. The van der Waals surface area contributed by atoms with Crippen molar-refractivity contribution in [3.8, 4) is 0 Å². The topological polar surface area (TPSA) is 0 Å². The molecule has 0 spiro atoms. The second kappa shape index (κ2) is 11.2. The fourth-order valence-electron chi connectivity index (χ4n) is 1.16. The molecule has 0 fully saturated rings. The van der Waals surface area contributed by atoms with Crippen LogP contribution in [-0.2, 0) is 0 Å². The fraction of sp³-hybridized carbons (Fsp3) is 0.538. The Hall–Kier alpha value is -0.780. The quantitative estimate of drug-likeness (QED) is 0.379. The molecule has 0 atom stereocenters. The molecular weight excluding hydrogens is 156 g/mol. The highest BCUT2D eigenvalue weighted by Crippen LogP contribution is 2.05. The van der Waals surface area contributed by atoms with Crippen LogP contribution in [0.2, 0.25) is 0 Å². The van der Waals surface area contributed by atoms with E-state index in [1.54, 1.807) is 6.08 Å². The van der Waals surface area contributed by atoms with E-state index in [1.165, 1.54) is 32.1 Å². The Labute approximate surface area is 83.0 Å². The van der Waals surface area contributed by atoms with Crippen molar-refractivity contribution < 1.29 is 0 Å². The average Bonchev–Trinajstić information content (AvgIpc) is 2.16. The second-order valence-corrected chi connectivity index (χ2v) is 3.18. The van der Waals surface area contributed by atoms with Crippen molar-refractivity contribution in [3.63, 3.8) is 0 Å². The minimum Gasteiger partial charge on any atom is -0.0877 e. The first-order valence-electron chi connectivity index (χ1n) is 5.23. The number of hydrogen-bond acceptors (Lipinski definition) is 0.